The van der Waals surface area contributed by atoms with Crippen LogP contribution in [0.1, 0.15) is 11.3 Å². The Labute approximate surface area is 100 Å². The van der Waals surface area contributed by atoms with Gasteiger partial charge in [-0.1, -0.05) is 6.07 Å². The van der Waals surface area contributed by atoms with Crippen LogP contribution in [0.25, 0.3) is 0 Å². The quantitative estimate of drug-likeness (QED) is 0.799. The van der Waals surface area contributed by atoms with Gasteiger partial charge in [0.25, 0.3) is 0 Å². The lowest BCUT2D eigenvalue weighted by Gasteiger charge is -2.05. The summed E-state index contributed by atoms with van der Waals surface area (Å²) in [4.78, 5) is 12.4. The molecule has 17 heavy (non-hydrogen) atoms. The molecule has 3 N–H and O–H groups in total. The van der Waals surface area contributed by atoms with Crippen molar-refractivity contribution in [2.45, 2.75) is 13.0 Å². The second-order valence-electron chi connectivity index (χ2n) is 3.61. The first-order chi connectivity index (χ1) is 8.38. The molecule has 2 rings (SSSR count). The lowest BCUT2D eigenvalue weighted by atomic mass is 10.2. The number of nitrogens with one attached hydrogen (secondary N) is 1. The fourth-order valence-corrected chi connectivity index (χ4v) is 1.46. The van der Waals surface area contributed by atoms with Crippen molar-refractivity contribution in [1.29, 1.82) is 0 Å². The van der Waals surface area contributed by atoms with Crippen LogP contribution in [0, 0.1) is 0 Å². The summed E-state index contributed by atoms with van der Waals surface area (Å²) in [6.07, 6.45) is 6.23. The largest absolute Gasteiger partial charge is 0.354 e. The molecule has 0 bridgehead atoms. The van der Waals surface area contributed by atoms with E-state index in [1.165, 1.54) is 5.56 Å². The summed E-state index contributed by atoms with van der Waals surface area (Å²) in [6, 6.07) is 5.79. The zero-order chi connectivity index (χ0) is 11.9. The summed E-state index contributed by atoms with van der Waals surface area (Å²) >= 11 is 0. The molecule has 0 amide bonds. The van der Waals surface area contributed by atoms with Crippen LogP contribution in [-0.4, -0.2) is 21.5 Å². The second kappa shape index (κ2) is 5.91. The van der Waals surface area contributed by atoms with Crippen LogP contribution in [0.4, 0.5) is 5.95 Å². The maximum Gasteiger partial charge on any atom is 0.222 e. The van der Waals surface area contributed by atoms with Gasteiger partial charge >= 0.3 is 0 Å². The van der Waals surface area contributed by atoms with E-state index in [4.69, 9.17) is 5.73 Å². The molecule has 5 nitrogen and oxygen atoms in total. The van der Waals surface area contributed by atoms with Crippen LogP contribution >= 0.6 is 0 Å². The fraction of sp³-hybridized carbons (Fsp3) is 0.250. The van der Waals surface area contributed by atoms with Gasteiger partial charge in [0.15, 0.2) is 0 Å². The monoisotopic (exact) mass is 229 g/mol. The fourth-order valence-electron chi connectivity index (χ4n) is 1.46. The lowest BCUT2D eigenvalue weighted by Crippen LogP contribution is -2.10. The van der Waals surface area contributed by atoms with Crippen molar-refractivity contribution in [3.8, 4) is 0 Å². The Balaban J connectivity index is 1.86. The van der Waals surface area contributed by atoms with E-state index < -0.39 is 0 Å². The molecule has 0 saturated heterocycles. The van der Waals surface area contributed by atoms with E-state index in [0.29, 0.717) is 12.5 Å². The number of hydrogen-bond acceptors (Lipinski definition) is 5. The molecule has 2 aromatic heterocycles. The van der Waals surface area contributed by atoms with Crippen molar-refractivity contribution in [2.75, 3.05) is 11.9 Å². The molecule has 0 fully saturated rings. The number of anilines is 1. The number of nitrogens with two attached hydrogens (primary N) is 1. The SMILES string of the molecule is NCc1ccnc(NCCc2cccnc2)n1. The smallest absolute Gasteiger partial charge is 0.222 e. The maximum atomic E-state index is 5.51. The summed E-state index contributed by atoms with van der Waals surface area (Å²) in [6.45, 7) is 1.21. The Kier molecular flexibility index (Phi) is 3.99. The zero-order valence-electron chi connectivity index (χ0n) is 9.50. The third-order valence-electron chi connectivity index (χ3n) is 2.34. The summed E-state index contributed by atoms with van der Waals surface area (Å²) in [7, 11) is 0. The number of aromatic nitrogens is 3. The second-order valence-corrected chi connectivity index (χ2v) is 3.61. The summed E-state index contributed by atoms with van der Waals surface area (Å²) in [5.41, 5.74) is 7.54. The van der Waals surface area contributed by atoms with Crippen molar-refractivity contribution in [3.63, 3.8) is 0 Å². The number of hydrogen-bond donors (Lipinski definition) is 2. The average molecular weight is 229 g/mol. The Morgan fingerprint density at radius 3 is 2.94 bits per heavy atom. The van der Waals surface area contributed by atoms with Crippen molar-refractivity contribution in [1.82, 2.24) is 15.0 Å². The van der Waals surface area contributed by atoms with E-state index in [0.717, 1.165) is 18.7 Å². The highest BCUT2D eigenvalue weighted by Crippen LogP contribution is 2.01. The summed E-state index contributed by atoms with van der Waals surface area (Å²) in [5, 5.41) is 3.16. The van der Waals surface area contributed by atoms with Crippen molar-refractivity contribution < 1.29 is 0 Å². The predicted molar refractivity (Wildman–Crippen MR) is 66.4 cm³/mol. The highest BCUT2D eigenvalue weighted by Gasteiger charge is 1.97. The molecule has 0 aliphatic rings. The first-order valence-electron chi connectivity index (χ1n) is 5.53. The Hall–Kier alpha value is -2.01. The third kappa shape index (κ3) is 3.49. The van der Waals surface area contributed by atoms with Gasteiger partial charge in [0, 0.05) is 31.7 Å². The van der Waals surface area contributed by atoms with Gasteiger partial charge in [-0.3, -0.25) is 4.98 Å². The van der Waals surface area contributed by atoms with Crippen LogP contribution in [0.15, 0.2) is 36.8 Å². The van der Waals surface area contributed by atoms with Crippen LogP contribution in [-0.2, 0) is 13.0 Å². The van der Waals surface area contributed by atoms with Gasteiger partial charge in [-0.25, -0.2) is 9.97 Å². The molecule has 2 heterocycles. The number of rotatable bonds is 5. The highest BCUT2D eigenvalue weighted by molar-refractivity contribution is 5.25. The van der Waals surface area contributed by atoms with E-state index in [2.05, 4.69) is 20.3 Å². The van der Waals surface area contributed by atoms with Crippen LogP contribution in [0.2, 0.25) is 0 Å². The maximum absolute atomic E-state index is 5.51. The molecule has 0 radical (unpaired) electrons. The van der Waals surface area contributed by atoms with E-state index >= 15 is 0 Å². The van der Waals surface area contributed by atoms with E-state index in [9.17, 15) is 0 Å². The summed E-state index contributed by atoms with van der Waals surface area (Å²) in [5.74, 6) is 0.622. The van der Waals surface area contributed by atoms with Gasteiger partial charge in [0.1, 0.15) is 0 Å². The number of nitrogens with zero attached hydrogens (tertiary/aromatic N) is 3. The van der Waals surface area contributed by atoms with Crippen LogP contribution < -0.4 is 11.1 Å². The molecule has 2 aromatic rings. The molecule has 0 aliphatic heterocycles. The first kappa shape index (κ1) is 11.5. The molecule has 0 aromatic carbocycles. The van der Waals surface area contributed by atoms with Crippen LogP contribution in [0.5, 0.6) is 0 Å². The van der Waals surface area contributed by atoms with Gasteiger partial charge in [-0.15, -0.1) is 0 Å². The van der Waals surface area contributed by atoms with Crippen LogP contribution in [0.3, 0.4) is 0 Å². The molecular formula is C12H15N5. The van der Waals surface area contributed by atoms with E-state index in [-0.39, 0.29) is 0 Å². The average Bonchev–Trinajstić information content (AvgIpc) is 2.40. The van der Waals surface area contributed by atoms with Gasteiger partial charge in [-0.2, -0.15) is 0 Å². The molecule has 0 saturated carbocycles. The Bertz CT molecular complexity index is 457. The summed E-state index contributed by atoms with van der Waals surface area (Å²) < 4.78 is 0. The lowest BCUT2D eigenvalue weighted by molar-refractivity contribution is 0.932. The van der Waals surface area contributed by atoms with Gasteiger partial charge in [0.2, 0.25) is 5.95 Å². The normalized spacial score (nSPS) is 10.2. The van der Waals surface area contributed by atoms with E-state index in [1.807, 2.05) is 24.4 Å². The minimum Gasteiger partial charge on any atom is -0.354 e. The van der Waals surface area contributed by atoms with Gasteiger partial charge in [0.05, 0.1) is 5.69 Å². The molecule has 0 atom stereocenters. The Morgan fingerprint density at radius 2 is 2.18 bits per heavy atom. The first-order valence-corrected chi connectivity index (χ1v) is 5.53. The Morgan fingerprint density at radius 1 is 1.24 bits per heavy atom. The van der Waals surface area contributed by atoms with Gasteiger partial charge in [-0.05, 0) is 24.1 Å². The minimum atomic E-state index is 0.430. The molecule has 0 unspecified atom stereocenters. The third-order valence-corrected chi connectivity index (χ3v) is 2.34. The molecule has 0 aliphatic carbocycles. The molecule has 88 valence electrons. The van der Waals surface area contributed by atoms with E-state index in [1.54, 1.807) is 12.4 Å². The standard InChI is InChI=1S/C12H15N5/c13-8-11-4-7-16-12(17-11)15-6-3-10-2-1-5-14-9-10/h1-2,4-5,7,9H,3,6,8,13H2,(H,15,16,17). The number of pyridine rings is 1. The molecule has 5 heteroatoms. The topological polar surface area (TPSA) is 76.7 Å². The molecule has 0 spiro atoms. The predicted octanol–water partition coefficient (Wildman–Crippen LogP) is 0.985. The highest BCUT2D eigenvalue weighted by atomic mass is 15.1. The van der Waals surface area contributed by atoms with Gasteiger partial charge < -0.3 is 11.1 Å². The van der Waals surface area contributed by atoms with Crippen molar-refractivity contribution in [3.05, 3.63) is 48.0 Å². The zero-order valence-corrected chi connectivity index (χ0v) is 9.50. The van der Waals surface area contributed by atoms with Crippen molar-refractivity contribution in [2.24, 2.45) is 5.73 Å². The minimum absolute atomic E-state index is 0.430. The molecular weight excluding hydrogens is 214 g/mol. The van der Waals surface area contributed by atoms with Crippen molar-refractivity contribution >= 4 is 5.95 Å².